The molecule has 3 rings (SSSR count). The van der Waals surface area contributed by atoms with Gasteiger partial charge in [0.2, 0.25) is 0 Å². The van der Waals surface area contributed by atoms with E-state index in [2.05, 4.69) is 55.4 Å². The van der Waals surface area contributed by atoms with Crippen LogP contribution in [0.4, 0.5) is 0 Å². The Morgan fingerprint density at radius 3 is 2.57 bits per heavy atom. The lowest BCUT2D eigenvalue weighted by Gasteiger charge is -2.31. The van der Waals surface area contributed by atoms with Crippen molar-refractivity contribution in [1.82, 2.24) is 4.98 Å². The molecule has 1 aromatic heterocycles. The lowest BCUT2D eigenvalue weighted by molar-refractivity contribution is 1.03. The first-order chi connectivity index (χ1) is 11.0. The van der Waals surface area contributed by atoms with E-state index in [9.17, 15) is 0 Å². The average Bonchev–Trinajstić information content (AvgIpc) is 2.79. The van der Waals surface area contributed by atoms with Crippen LogP contribution in [0.15, 0.2) is 64.3 Å². The van der Waals surface area contributed by atoms with Gasteiger partial charge >= 0.3 is 0 Å². The van der Waals surface area contributed by atoms with Crippen LogP contribution >= 0.6 is 10.2 Å². The lowest BCUT2D eigenvalue weighted by atomic mass is 10.1. The van der Waals surface area contributed by atoms with Gasteiger partial charge in [-0.25, -0.2) is 4.99 Å². The van der Waals surface area contributed by atoms with Gasteiger partial charge in [0.25, 0.3) is 0 Å². The molecule has 0 bridgehead atoms. The fourth-order valence-electron chi connectivity index (χ4n) is 2.91. The van der Waals surface area contributed by atoms with E-state index in [4.69, 9.17) is 10.1 Å². The number of hydrogen-bond acceptors (Lipinski definition) is 3. The van der Waals surface area contributed by atoms with Gasteiger partial charge in [-0.3, -0.25) is 10.1 Å². The Bertz CT molecular complexity index is 776. The van der Waals surface area contributed by atoms with E-state index in [1.54, 1.807) is 0 Å². The van der Waals surface area contributed by atoms with E-state index in [1.807, 2.05) is 18.3 Å². The maximum atomic E-state index is 6.80. The van der Waals surface area contributed by atoms with Crippen LogP contribution in [0.1, 0.15) is 30.7 Å². The van der Waals surface area contributed by atoms with Crippen molar-refractivity contribution in [2.24, 2.45) is 10.1 Å². The van der Waals surface area contributed by atoms with Gasteiger partial charge in [0.15, 0.2) is 0 Å². The van der Waals surface area contributed by atoms with Crippen molar-refractivity contribution in [2.45, 2.75) is 26.7 Å². The summed E-state index contributed by atoms with van der Waals surface area (Å²) in [5, 5.41) is 7.83. The van der Waals surface area contributed by atoms with Gasteiger partial charge in [-0.1, -0.05) is 37.3 Å². The van der Waals surface area contributed by atoms with Crippen LogP contribution in [-0.4, -0.2) is 16.3 Å². The molecule has 23 heavy (non-hydrogen) atoms. The SMILES string of the molecule is CCc1cc(C2=NC(C)=C(Cc3ccccc3)S2(C)N)ccn1. The molecule has 1 aromatic carbocycles. The number of rotatable bonds is 4. The van der Waals surface area contributed by atoms with Gasteiger partial charge in [-0.15, -0.1) is 10.2 Å². The second kappa shape index (κ2) is 6.30. The van der Waals surface area contributed by atoms with Crippen molar-refractivity contribution >= 4 is 15.3 Å². The second-order valence-corrected chi connectivity index (χ2v) is 8.80. The number of aryl methyl sites for hydroxylation is 1. The molecule has 4 heteroatoms. The fourth-order valence-corrected chi connectivity index (χ4v) is 5.21. The third kappa shape index (κ3) is 3.09. The molecule has 0 saturated carbocycles. The zero-order valence-electron chi connectivity index (χ0n) is 13.9. The molecule has 2 heterocycles. The van der Waals surface area contributed by atoms with Crippen LogP contribution in [0.3, 0.4) is 0 Å². The molecule has 0 radical (unpaired) electrons. The molecule has 2 aromatic rings. The fraction of sp³-hybridized carbons (Fsp3) is 0.263. The minimum atomic E-state index is -1.55. The molecule has 0 amide bonds. The summed E-state index contributed by atoms with van der Waals surface area (Å²) in [5.74, 6) is 0. The quantitative estimate of drug-likeness (QED) is 0.916. The van der Waals surface area contributed by atoms with Crippen LogP contribution in [0.25, 0.3) is 0 Å². The number of benzene rings is 1. The van der Waals surface area contributed by atoms with Gasteiger partial charge < -0.3 is 0 Å². The van der Waals surface area contributed by atoms with Crippen molar-refractivity contribution in [3.63, 3.8) is 0 Å². The number of aromatic nitrogens is 1. The first kappa shape index (κ1) is 16.0. The molecule has 1 unspecified atom stereocenters. The molecule has 1 aliphatic heterocycles. The molecule has 0 fully saturated rings. The molecule has 3 nitrogen and oxygen atoms in total. The number of aliphatic imine (C=N–C) groups is 1. The molecule has 1 atom stereocenters. The average molecular weight is 325 g/mol. The first-order valence-electron chi connectivity index (χ1n) is 7.86. The number of hydrogen-bond donors (Lipinski definition) is 1. The van der Waals surface area contributed by atoms with Gasteiger partial charge in [0.1, 0.15) is 5.04 Å². The molecule has 0 saturated heterocycles. The monoisotopic (exact) mass is 325 g/mol. The maximum Gasteiger partial charge on any atom is 0.102 e. The normalized spacial score (nSPS) is 23.6. The third-order valence-corrected chi connectivity index (χ3v) is 6.81. The van der Waals surface area contributed by atoms with Crippen LogP contribution in [0, 0.1) is 0 Å². The molecule has 2 N–H and O–H groups in total. The Hall–Kier alpha value is -1.91. The predicted octanol–water partition coefficient (Wildman–Crippen LogP) is 4.19. The minimum absolute atomic E-state index is 0.869. The van der Waals surface area contributed by atoms with Crippen molar-refractivity contribution in [1.29, 1.82) is 0 Å². The minimum Gasteiger partial charge on any atom is -0.286 e. The zero-order valence-corrected chi connectivity index (χ0v) is 14.7. The summed E-state index contributed by atoms with van der Waals surface area (Å²) >= 11 is 0. The van der Waals surface area contributed by atoms with E-state index in [-0.39, 0.29) is 0 Å². The van der Waals surface area contributed by atoms with E-state index < -0.39 is 10.2 Å². The Kier molecular flexibility index (Phi) is 4.37. The molecule has 1 aliphatic rings. The van der Waals surface area contributed by atoms with Gasteiger partial charge in [-0.05, 0) is 37.3 Å². The van der Waals surface area contributed by atoms with Crippen LogP contribution < -0.4 is 5.14 Å². The first-order valence-corrected chi connectivity index (χ1v) is 9.96. The maximum absolute atomic E-state index is 6.80. The summed E-state index contributed by atoms with van der Waals surface area (Å²) in [6.45, 7) is 4.19. The Morgan fingerprint density at radius 2 is 1.87 bits per heavy atom. The Balaban J connectivity index is 1.93. The number of pyridine rings is 1. The highest BCUT2D eigenvalue weighted by atomic mass is 32.3. The third-order valence-electron chi connectivity index (χ3n) is 4.22. The van der Waals surface area contributed by atoms with E-state index in [1.165, 1.54) is 10.5 Å². The highest BCUT2D eigenvalue weighted by Crippen LogP contribution is 2.55. The lowest BCUT2D eigenvalue weighted by Crippen LogP contribution is -2.20. The number of nitrogens with zero attached hydrogens (tertiary/aromatic N) is 2. The van der Waals surface area contributed by atoms with E-state index >= 15 is 0 Å². The Morgan fingerprint density at radius 1 is 1.13 bits per heavy atom. The largest absolute Gasteiger partial charge is 0.286 e. The molecular formula is C19H23N3S. The van der Waals surface area contributed by atoms with Crippen molar-refractivity contribution in [3.8, 4) is 0 Å². The highest BCUT2D eigenvalue weighted by Gasteiger charge is 2.33. The summed E-state index contributed by atoms with van der Waals surface area (Å²) in [6, 6.07) is 14.6. The van der Waals surface area contributed by atoms with E-state index in [0.29, 0.717) is 0 Å². The predicted molar refractivity (Wildman–Crippen MR) is 101 cm³/mol. The van der Waals surface area contributed by atoms with Crippen LogP contribution in [0.5, 0.6) is 0 Å². The standard InChI is InChI=1S/C19H23N3S/c1-4-17-13-16(10-11-21-17)19-22-14(2)18(23(19,3)20)12-15-8-6-5-7-9-15/h5-11,13H,4,12,20H2,1-3H3. The van der Waals surface area contributed by atoms with Gasteiger partial charge in [0, 0.05) is 34.5 Å². The van der Waals surface area contributed by atoms with Gasteiger partial charge in [0.05, 0.1) is 0 Å². The van der Waals surface area contributed by atoms with E-state index in [0.717, 1.165) is 34.8 Å². The molecule has 0 spiro atoms. The highest BCUT2D eigenvalue weighted by molar-refractivity contribution is 8.46. The second-order valence-electron chi connectivity index (χ2n) is 5.96. The summed E-state index contributed by atoms with van der Waals surface area (Å²) in [6.07, 6.45) is 5.79. The van der Waals surface area contributed by atoms with Crippen molar-refractivity contribution in [2.75, 3.05) is 6.26 Å². The number of allylic oxidation sites excluding steroid dienone is 2. The van der Waals surface area contributed by atoms with Crippen LogP contribution in [0.2, 0.25) is 0 Å². The topological polar surface area (TPSA) is 51.3 Å². The molecule has 120 valence electrons. The summed E-state index contributed by atoms with van der Waals surface area (Å²) in [7, 11) is -1.55. The van der Waals surface area contributed by atoms with Gasteiger partial charge in [-0.2, -0.15) is 0 Å². The number of nitrogens with two attached hydrogens (primary N) is 1. The summed E-state index contributed by atoms with van der Waals surface area (Å²) in [5.41, 5.74) is 4.54. The zero-order chi connectivity index (χ0) is 16.4. The van der Waals surface area contributed by atoms with Crippen LogP contribution in [-0.2, 0) is 12.8 Å². The summed E-state index contributed by atoms with van der Waals surface area (Å²) in [4.78, 5) is 10.5. The summed E-state index contributed by atoms with van der Waals surface area (Å²) < 4.78 is 0. The molecule has 0 aliphatic carbocycles. The van der Waals surface area contributed by atoms with Crippen molar-refractivity contribution < 1.29 is 0 Å². The molecular weight excluding hydrogens is 302 g/mol. The smallest absolute Gasteiger partial charge is 0.102 e. The van der Waals surface area contributed by atoms with Crippen molar-refractivity contribution in [3.05, 3.63) is 76.1 Å². The Labute approximate surface area is 139 Å².